The van der Waals surface area contributed by atoms with E-state index in [1.54, 1.807) is 7.11 Å². The second-order valence-electron chi connectivity index (χ2n) is 13.2. The monoisotopic (exact) mass is 450 g/mol. The highest BCUT2D eigenvalue weighted by atomic mass is 16.5. The van der Waals surface area contributed by atoms with Gasteiger partial charge in [0.05, 0.1) is 12.0 Å². The van der Waals surface area contributed by atoms with Gasteiger partial charge in [0.2, 0.25) is 0 Å². The van der Waals surface area contributed by atoms with Crippen LogP contribution in [0.1, 0.15) is 64.4 Å². The maximum Gasteiger partial charge on any atom is 0.141 e. The molecule has 0 aliphatic heterocycles. The third-order valence-electron chi connectivity index (χ3n) is 12.8. The molecule has 11 atom stereocenters. The third kappa shape index (κ3) is 2.05. The largest absolute Gasteiger partial charge is 0.508 e. The molecule has 0 heterocycles. The normalized spacial score (nSPS) is 55.6. The van der Waals surface area contributed by atoms with Crippen LogP contribution in [0.2, 0.25) is 0 Å². The summed E-state index contributed by atoms with van der Waals surface area (Å²) in [6.07, 6.45) is 8.25. The molecule has 6 bridgehead atoms. The van der Waals surface area contributed by atoms with E-state index in [0.29, 0.717) is 41.8 Å². The van der Waals surface area contributed by atoms with Crippen molar-refractivity contribution in [3.8, 4) is 5.75 Å². The van der Waals surface area contributed by atoms with Crippen molar-refractivity contribution in [1.82, 2.24) is 0 Å². The highest BCUT2D eigenvalue weighted by molar-refractivity contribution is 5.88. The Morgan fingerprint density at radius 2 is 1.91 bits per heavy atom. The van der Waals surface area contributed by atoms with Gasteiger partial charge in [-0.15, -0.1) is 0 Å². The molecule has 6 aliphatic rings. The molecular formula is C29H38O4. The summed E-state index contributed by atoms with van der Waals surface area (Å²) >= 11 is 0. The lowest BCUT2D eigenvalue weighted by molar-refractivity contribution is -0.192. The number of carbonyl (C=O) groups is 1. The van der Waals surface area contributed by atoms with Crippen molar-refractivity contribution in [3.05, 3.63) is 29.8 Å². The van der Waals surface area contributed by atoms with Gasteiger partial charge in [0, 0.05) is 18.9 Å². The fraction of sp³-hybridized carbons (Fsp3) is 0.759. The van der Waals surface area contributed by atoms with E-state index in [1.165, 1.54) is 32.1 Å². The first kappa shape index (κ1) is 20.9. The number of fused-ring (bicyclic) bond motifs is 4. The van der Waals surface area contributed by atoms with Crippen molar-refractivity contribution >= 4 is 5.78 Å². The van der Waals surface area contributed by atoms with Crippen molar-refractivity contribution in [3.63, 3.8) is 0 Å². The lowest BCUT2D eigenvalue weighted by atomic mass is 9.42. The van der Waals surface area contributed by atoms with Crippen LogP contribution in [0.15, 0.2) is 24.3 Å². The first-order valence-corrected chi connectivity index (χ1v) is 13.3. The Morgan fingerprint density at radius 3 is 2.67 bits per heavy atom. The Bertz CT molecular complexity index is 1040. The fourth-order valence-electron chi connectivity index (χ4n) is 11.8. The van der Waals surface area contributed by atoms with Gasteiger partial charge in [-0.3, -0.25) is 4.79 Å². The highest BCUT2D eigenvalue weighted by Gasteiger charge is 2.89. The van der Waals surface area contributed by atoms with E-state index in [-0.39, 0.29) is 34.1 Å². The summed E-state index contributed by atoms with van der Waals surface area (Å²) in [6.45, 7) is 4.83. The molecule has 11 unspecified atom stereocenters. The topological polar surface area (TPSA) is 66.8 Å². The zero-order chi connectivity index (χ0) is 23.0. The zero-order valence-corrected chi connectivity index (χ0v) is 20.2. The van der Waals surface area contributed by atoms with E-state index in [2.05, 4.69) is 19.9 Å². The molecule has 7 rings (SSSR count). The van der Waals surface area contributed by atoms with Gasteiger partial charge < -0.3 is 14.9 Å². The van der Waals surface area contributed by atoms with E-state index in [1.807, 2.05) is 18.2 Å². The minimum absolute atomic E-state index is 0.0357. The Morgan fingerprint density at radius 1 is 1.12 bits per heavy atom. The quantitative estimate of drug-likeness (QED) is 0.697. The fourth-order valence-corrected chi connectivity index (χ4v) is 11.8. The molecular weight excluding hydrogens is 412 g/mol. The van der Waals surface area contributed by atoms with Crippen molar-refractivity contribution in [2.75, 3.05) is 7.11 Å². The predicted octanol–water partition coefficient (Wildman–Crippen LogP) is 4.76. The minimum atomic E-state index is -1.03. The molecule has 6 fully saturated rings. The molecule has 0 saturated heterocycles. The van der Waals surface area contributed by atoms with Gasteiger partial charge >= 0.3 is 0 Å². The molecule has 33 heavy (non-hydrogen) atoms. The van der Waals surface area contributed by atoms with Crippen LogP contribution < -0.4 is 0 Å². The standard InChI is InChI=1S/C29H38O4/c1-26-15-20-18-8-9-19-11-16(10-17-6-4-5-7-21(17)30)13-28(19,14-18)27(26,2)24(20)25-22(31)12-23(33-3)29(25,26)32/h4-7,16,18-20,23-25,30,32H,8-15H2,1-3H3. The van der Waals surface area contributed by atoms with Gasteiger partial charge in [-0.05, 0) is 97.0 Å². The van der Waals surface area contributed by atoms with E-state index in [0.717, 1.165) is 18.4 Å². The Balaban J connectivity index is 1.34. The van der Waals surface area contributed by atoms with Crippen LogP contribution in [0.4, 0.5) is 0 Å². The van der Waals surface area contributed by atoms with Crippen LogP contribution in [0, 0.1) is 51.8 Å². The summed E-state index contributed by atoms with van der Waals surface area (Å²) in [5, 5.41) is 22.9. The Hall–Kier alpha value is -1.39. The zero-order valence-electron chi connectivity index (χ0n) is 20.2. The van der Waals surface area contributed by atoms with Gasteiger partial charge in [-0.2, -0.15) is 0 Å². The molecule has 1 spiro atoms. The predicted molar refractivity (Wildman–Crippen MR) is 124 cm³/mol. The van der Waals surface area contributed by atoms with Crippen molar-refractivity contribution in [1.29, 1.82) is 0 Å². The molecule has 6 aliphatic carbocycles. The smallest absolute Gasteiger partial charge is 0.141 e. The third-order valence-corrected chi connectivity index (χ3v) is 12.8. The minimum Gasteiger partial charge on any atom is -0.508 e. The van der Waals surface area contributed by atoms with Gasteiger partial charge in [-0.1, -0.05) is 32.0 Å². The van der Waals surface area contributed by atoms with Crippen molar-refractivity contribution in [2.24, 2.45) is 51.8 Å². The van der Waals surface area contributed by atoms with Crippen LogP contribution in [0.25, 0.3) is 0 Å². The summed E-state index contributed by atoms with van der Waals surface area (Å²) in [7, 11) is 1.68. The van der Waals surface area contributed by atoms with E-state index in [4.69, 9.17) is 4.74 Å². The highest BCUT2D eigenvalue weighted by Crippen LogP contribution is 2.88. The van der Waals surface area contributed by atoms with Crippen LogP contribution in [0.5, 0.6) is 5.75 Å². The number of methoxy groups -OCH3 is 1. The molecule has 178 valence electrons. The van der Waals surface area contributed by atoms with Gasteiger partial charge in [-0.25, -0.2) is 0 Å². The lowest BCUT2D eigenvalue weighted by Crippen LogP contribution is -2.60. The number of hydrogen-bond acceptors (Lipinski definition) is 4. The number of rotatable bonds is 3. The van der Waals surface area contributed by atoms with E-state index < -0.39 is 5.60 Å². The van der Waals surface area contributed by atoms with Crippen LogP contribution in [-0.2, 0) is 16.0 Å². The molecule has 0 amide bonds. The summed E-state index contributed by atoms with van der Waals surface area (Å²) in [5.74, 6) is 3.22. The molecule has 1 aromatic carbocycles. The molecule has 0 radical (unpaired) electrons. The summed E-state index contributed by atoms with van der Waals surface area (Å²) in [4.78, 5) is 13.4. The molecule has 6 saturated carbocycles. The second kappa shape index (κ2) is 6.23. The van der Waals surface area contributed by atoms with Gasteiger partial charge in [0.15, 0.2) is 0 Å². The van der Waals surface area contributed by atoms with Crippen molar-refractivity contribution in [2.45, 2.75) is 76.9 Å². The maximum absolute atomic E-state index is 13.4. The number of ketones is 1. The number of phenolic OH excluding ortho intramolecular Hbond substituents is 1. The number of aromatic hydroxyl groups is 1. The van der Waals surface area contributed by atoms with E-state index in [9.17, 15) is 15.0 Å². The Kier molecular flexibility index (Phi) is 3.96. The number of Topliss-reactive ketones (excluding diaryl/α,β-unsaturated/α-hetero) is 1. The first-order chi connectivity index (χ1) is 15.7. The van der Waals surface area contributed by atoms with Crippen LogP contribution in [0.3, 0.4) is 0 Å². The second-order valence-corrected chi connectivity index (χ2v) is 13.2. The number of ether oxygens (including phenoxy) is 1. The number of benzene rings is 1. The summed E-state index contributed by atoms with van der Waals surface area (Å²) < 4.78 is 5.84. The van der Waals surface area contributed by atoms with Gasteiger partial charge in [0.1, 0.15) is 17.1 Å². The van der Waals surface area contributed by atoms with Crippen LogP contribution >= 0.6 is 0 Å². The lowest BCUT2D eigenvalue weighted by Gasteiger charge is -2.62. The van der Waals surface area contributed by atoms with E-state index >= 15 is 0 Å². The average Bonchev–Trinajstić information content (AvgIpc) is 3.40. The molecule has 2 N–H and O–H groups in total. The molecule has 0 aromatic heterocycles. The summed E-state index contributed by atoms with van der Waals surface area (Å²) in [5.41, 5.74) is -0.0872. The number of hydrogen-bond donors (Lipinski definition) is 2. The number of aliphatic hydroxyl groups is 1. The molecule has 4 heteroatoms. The SMILES string of the molecule is COC1CC(=O)C2C3C4CC(C)(C12O)C3(C)C12CC(Cc3ccccc3O)CC1CCC4C2. The first-order valence-electron chi connectivity index (χ1n) is 13.3. The van der Waals surface area contributed by atoms with Crippen molar-refractivity contribution < 1.29 is 19.7 Å². The number of para-hydroxylation sites is 1. The molecule has 1 aromatic rings. The Labute approximate surface area is 197 Å². The number of carbonyl (C=O) groups excluding carboxylic acids is 1. The van der Waals surface area contributed by atoms with Gasteiger partial charge in [0.25, 0.3) is 0 Å². The maximum atomic E-state index is 13.4. The number of phenols is 1. The summed E-state index contributed by atoms with van der Waals surface area (Å²) in [6, 6.07) is 7.82. The molecule has 4 nitrogen and oxygen atoms in total. The average molecular weight is 451 g/mol. The van der Waals surface area contributed by atoms with Crippen LogP contribution in [-0.4, -0.2) is 34.8 Å².